The molecule has 1 heterocycles. The Morgan fingerprint density at radius 2 is 2.25 bits per heavy atom. The fourth-order valence-electron chi connectivity index (χ4n) is 1.45. The molecule has 1 aromatic heterocycles. The molecule has 2 rings (SSSR count). The van der Waals surface area contributed by atoms with Crippen molar-refractivity contribution < 1.29 is 4.79 Å². The molecule has 1 amide bonds. The average molecular weight is 289 g/mol. The lowest BCUT2D eigenvalue weighted by molar-refractivity contribution is -0.119. The normalized spacial score (nSPS) is 10.4. The van der Waals surface area contributed by atoms with Gasteiger partial charge < -0.3 is 5.32 Å². The molecule has 2 aromatic rings. The number of benzene rings is 1. The van der Waals surface area contributed by atoms with Crippen LogP contribution in [0, 0.1) is 0 Å². The van der Waals surface area contributed by atoms with Gasteiger partial charge in [0.2, 0.25) is 0 Å². The lowest BCUT2D eigenvalue weighted by atomic mass is 10.3. The van der Waals surface area contributed by atoms with Crippen molar-refractivity contribution in [1.82, 2.24) is 10.4 Å². The minimum atomic E-state index is -0.245. The smallest absolute Gasteiger partial charge is 0.259 e. The van der Waals surface area contributed by atoms with Crippen LogP contribution in [0.2, 0.25) is 5.02 Å². The summed E-state index contributed by atoms with van der Waals surface area (Å²) in [6.07, 6.45) is 4.86. The van der Waals surface area contributed by atoms with Crippen LogP contribution < -0.4 is 10.7 Å². The molecule has 1 aromatic carbocycles. The number of hydrazone groups is 1. The highest BCUT2D eigenvalue weighted by atomic mass is 35.5. The highest BCUT2D eigenvalue weighted by Gasteiger charge is 1.99. The summed E-state index contributed by atoms with van der Waals surface area (Å²) in [5.41, 5.74) is 4.02. The Morgan fingerprint density at radius 1 is 1.35 bits per heavy atom. The molecule has 0 aliphatic heterocycles. The number of hydrogen-bond acceptors (Lipinski definition) is 4. The molecule has 0 saturated heterocycles. The third kappa shape index (κ3) is 4.70. The van der Waals surface area contributed by atoms with Crippen LogP contribution in [-0.4, -0.2) is 23.7 Å². The molecule has 0 saturated carbocycles. The van der Waals surface area contributed by atoms with Gasteiger partial charge in [-0.25, -0.2) is 5.43 Å². The summed E-state index contributed by atoms with van der Waals surface area (Å²) in [4.78, 5) is 15.5. The molecule has 0 aliphatic rings. The third-order valence-corrected chi connectivity index (χ3v) is 2.60. The van der Waals surface area contributed by atoms with E-state index < -0.39 is 0 Å². The topological polar surface area (TPSA) is 66.4 Å². The first kappa shape index (κ1) is 14.0. The molecule has 0 aliphatic carbocycles. The number of pyridine rings is 1. The van der Waals surface area contributed by atoms with E-state index in [1.54, 1.807) is 30.6 Å². The molecule has 102 valence electrons. The number of rotatable bonds is 5. The van der Waals surface area contributed by atoms with Gasteiger partial charge in [0.05, 0.1) is 12.8 Å². The van der Waals surface area contributed by atoms with E-state index in [1.165, 1.54) is 6.21 Å². The minimum Gasteiger partial charge on any atom is -0.376 e. The number of carbonyl (C=O) groups is 1. The molecule has 0 fully saturated rings. The maximum Gasteiger partial charge on any atom is 0.259 e. The molecule has 0 atom stereocenters. The van der Waals surface area contributed by atoms with Crippen molar-refractivity contribution in [2.24, 2.45) is 5.10 Å². The van der Waals surface area contributed by atoms with E-state index >= 15 is 0 Å². The summed E-state index contributed by atoms with van der Waals surface area (Å²) < 4.78 is 0. The summed E-state index contributed by atoms with van der Waals surface area (Å²) in [7, 11) is 0. The van der Waals surface area contributed by atoms with Crippen LogP contribution >= 0.6 is 11.6 Å². The van der Waals surface area contributed by atoms with Crippen LogP contribution in [0.1, 0.15) is 5.56 Å². The third-order valence-electron chi connectivity index (χ3n) is 2.36. The Morgan fingerprint density at radius 3 is 3.00 bits per heavy atom. The summed E-state index contributed by atoms with van der Waals surface area (Å²) in [5.74, 6) is -0.245. The number of amides is 1. The van der Waals surface area contributed by atoms with Crippen LogP contribution in [0.5, 0.6) is 0 Å². The first-order valence-corrected chi connectivity index (χ1v) is 6.33. The van der Waals surface area contributed by atoms with E-state index in [1.807, 2.05) is 18.2 Å². The standard InChI is InChI=1S/C14H13ClN4O/c15-12-4-1-5-13(7-12)17-10-14(20)19-18-9-11-3-2-6-16-8-11/h1-9,17H,10H2,(H,19,20)/b18-9-. The quantitative estimate of drug-likeness (QED) is 0.655. The second-order valence-electron chi connectivity index (χ2n) is 3.94. The van der Waals surface area contributed by atoms with Gasteiger partial charge >= 0.3 is 0 Å². The maximum absolute atomic E-state index is 11.6. The van der Waals surface area contributed by atoms with Crippen molar-refractivity contribution in [3.05, 3.63) is 59.4 Å². The summed E-state index contributed by atoms with van der Waals surface area (Å²) in [6, 6.07) is 10.8. The van der Waals surface area contributed by atoms with Gasteiger partial charge in [-0.2, -0.15) is 5.10 Å². The van der Waals surface area contributed by atoms with Gasteiger partial charge in [0, 0.05) is 28.7 Å². The molecule has 5 nitrogen and oxygen atoms in total. The fourth-order valence-corrected chi connectivity index (χ4v) is 1.64. The molecule has 0 unspecified atom stereocenters. The Kier molecular flexibility index (Phi) is 5.08. The largest absolute Gasteiger partial charge is 0.376 e. The minimum absolute atomic E-state index is 0.116. The number of hydrogen-bond donors (Lipinski definition) is 2. The van der Waals surface area contributed by atoms with Crippen molar-refractivity contribution in [3.63, 3.8) is 0 Å². The van der Waals surface area contributed by atoms with Crippen molar-refractivity contribution in [1.29, 1.82) is 0 Å². The van der Waals surface area contributed by atoms with Crippen LogP contribution in [0.15, 0.2) is 53.9 Å². The number of nitrogens with zero attached hydrogens (tertiary/aromatic N) is 2. The summed E-state index contributed by atoms with van der Waals surface area (Å²) in [5, 5.41) is 7.41. The molecule has 0 radical (unpaired) electrons. The van der Waals surface area contributed by atoms with Gasteiger partial charge in [-0.3, -0.25) is 9.78 Å². The van der Waals surface area contributed by atoms with E-state index in [-0.39, 0.29) is 12.5 Å². The monoisotopic (exact) mass is 288 g/mol. The Hall–Kier alpha value is -2.40. The molecule has 0 bridgehead atoms. The number of anilines is 1. The van der Waals surface area contributed by atoms with Gasteiger partial charge in [0.25, 0.3) is 5.91 Å². The van der Waals surface area contributed by atoms with Gasteiger partial charge in [0.1, 0.15) is 0 Å². The maximum atomic E-state index is 11.6. The zero-order chi connectivity index (χ0) is 14.2. The van der Waals surface area contributed by atoms with E-state index in [2.05, 4.69) is 20.8 Å². The lowest BCUT2D eigenvalue weighted by Gasteiger charge is -2.05. The van der Waals surface area contributed by atoms with E-state index in [0.717, 1.165) is 11.3 Å². The van der Waals surface area contributed by atoms with E-state index in [9.17, 15) is 4.79 Å². The van der Waals surface area contributed by atoms with Crippen LogP contribution in [-0.2, 0) is 4.79 Å². The number of nitrogens with one attached hydrogen (secondary N) is 2. The van der Waals surface area contributed by atoms with Crippen molar-refractivity contribution in [2.45, 2.75) is 0 Å². The van der Waals surface area contributed by atoms with Gasteiger partial charge in [-0.1, -0.05) is 23.7 Å². The predicted molar refractivity (Wildman–Crippen MR) is 79.9 cm³/mol. The number of halogens is 1. The van der Waals surface area contributed by atoms with Gasteiger partial charge in [0.15, 0.2) is 0 Å². The van der Waals surface area contributed by atoms with Crippen LogP contribution in [0.25, 0.3) is 0 Å². The molecule has 2 N–H and O–H groups in total. The summed E-state index contributed by atoms with van der Waals surface area (Å²) in [6.45, 7) is 0.116. The van der Waals surface area contributed by atoms with E-state index in [0.29, 0.717) is 5.02 Å². The number of aromatic nitrogens is 1. The number of carbonyl (C=O) groups excluding carboxylic acids is 1. The average Bonchev–Trinajstić information content (AvgIpc) is 2.46. The van der Waals surface area contributed by atoms with Crippen molar-refractivity contribution in [2.75, 3.05) is 11.9 Å². The molecule has 20 heavy (non-hydrogen) atoms. The first-order chi connectivity index (χ1) is 9.74. The molecule has 6 heteroatoms. The highest BCUT2D eigenvalue weighted by molar-refractivity contribution is 6.30. The van der Waals surface area contributed by atoms with Crippen molar-refractivity contribution in [3.8, 4) is 0 Å². The Labute approximate surface area is 121 Å². The van der Waals surface area contributed by atoms with Crippen LogP contribution in [0.4, 0.5) is 5.69 Å². The van der Waals surface area contributed by atoms with E-state index in [4.69, 9.17) is 11.6 Å². The van der Waals surface area contributed by atoms with Crippen LogP contribution in [0.3, 0.4) is 0 Å². The summed E-state index contributed by atoms with van der Waals surface area (Å²) >= 11 is 5.84. The lowest BCUT2D eigenvalue weighted by Crippen LogP contribution is -2.25. The van der Waals surface area contributed by atoms with Gasteiger partial charge in [-0.05, 0) is 24.3 Å². The second-order valence-corrected chi connectivity index (χ2v) is 4.38. The molecule has 0 spiro atoms. The zero-order valence-electron chi connectivity index (χ0n) is 10.6. The van der Waals surface area contributed by atoms with Crippen molar-refractivity contribution >= 4 is 29.4 Å². The SMILES string of the molecule is O=C(CNc1cccc(Cl)c1)N/N=C\c1cccnc1. The first-order valence-electron chi connectivity index (χ1n) is 5.95. The highest BCUT2D eigenvalue weighted by Crippen LogP contribution is 2.14. The fraction of sp³-hybridized carbons (Fsp3) is 0.0714. The predicted octanol–water partition coefficient (Wildman–Crippen LogP) is 2.30. The molecular formula is C14H13ClN4O. The Balaban J connectivity index is 1.77. The Bertz CT molecular complexity index is 601. The molecular weight excluding hydrogens is 276 g/mol. The zero-order valence-corrected chi connectivity index (χ0v) is 11.3. The van der Waals surface area contributed by atoms with Gasteiger partial charge in [-0.15, -0.1) is 0 Å². The second kappa shape index (κ2) is 7.25.